The number of benzene rings is 3. The number of carbonyl (C=O) groups excluding carboxylic acids is 1. The molecule has 2 aromatic heterocycles. The van der Waals surface area contributed by atoms with Crippen molar-refractivity contribution in [3.8, 4) is 34.3 Å². The molecule has 5 rings (SSSR count). The van der Waals surface area contributed by atoms with Gasteiger partial charge in [0.1, 0.15) is 22.5 Å². The number of rotatable bonds is 6. The molecular formula is C29H23NO9. The molecule has 0 aliphatic rings. The summed E-state index contributed by atoms with van der Waals surface area (Å²) in [6.07, 6.45) is -0.471. The van der Waals surface area contributed by atoms with E-state index < -0.39 is 51.9 Å². The van der Waals surface area contributed by atoms with Crippen LogP contribution in [0.5, 0.6) is 23.0 Å². The second kappa shape index (κ2) is 9.90. The third-order valence-electron chi connectivity index (χ3n) is 6.59. The monoisotopic (exact) mass is 529 g/mol. The fraction of sp³-hybridized carbons (Fsp3) is 0.138. The van der Waals surface area contributed by atoms with Gasteiger partial charge in [0.05, 0.1) is 20.6 Å². The van der Waals surface area contributed by atoms with E-state index in [1.807, 2.05) is 0 Å². The minimum atomic E-state index is -1.26. The summed E-state index contributed by atoms with van der Waals surface area (Å²) >= 11 is 0. The lowest BCUT2D eigenvalue weighted by molar-refractivity contribution is -0.140. The molecule has 0 unspecified atom stereocenters. The number of phenols is 3. The van der Waals surface area contributed by atoms with Gasteiger partial charge < -0.3 is 34.2 Å². The van der Waals surface area contributed by atoms with Crippen LogP contribution in [0.4, 0.5) is 0 Å². The molecule has 39 heavy (non-hydrogen) atoms. The quantitative estimate of drug-likeness (QED) is 0.187. The highest BCUT2D eigenvalue weighted by Gasteiger charge is 2.32. The van der Waals surface area contributed by atoms with Crippen LogP contribution >= 0.6 is 0 Å². The third-order valence-corrected chi connectivity index (χ3v) is 6.59. The van der Waals surface area contributed by atoms with E-state index in [0.29, 0.717) is 22.2 Å². The first-order valence-corrected chi connectivity index (χ1v) is 11.8. The first kappa shape index (κ1) is 25.4. The second-order valence-corrected chi connectivity index (χ2v) is 8.84. The van der Waals surface area contributed by atoms with Gasteiger partial charge in [0.2, 0.25) is 5.75 Å². The summed E-state index contributed by atoms with van der Waals surface area (Å²) in [4.78, 5) is 41.8. The Balaban J connectivity index is 1.88. The van der Waals surface area contributed by atoms with Crippen molar-refractivity contribution in [3.05, 3.63) is 92.4 Å². The van der Waals surface area contributed by atoms with Crippen molar-refractivity contribution in [2.45, 2.75) is 12.3 Å². The number of H-pyrrole nitrogens is 1. The van der Waals surface area contributed by atoms with Crippen LogP contribution in [0, 0.1) is 0 Å². The normalized spacial score (nSPS) is 11.9. The number of nitrogens with one attached hydrogen (secondary N) is 1. The van der Waals surface area contributed by atoms with Gasteiger partial charge in [-0.15, -0.1) is 0 Å². The third kappa shape index (κ3) is 4.42. The Morgan fingerprint density at radius 1 is 0.949 bits per heavy atom. The SMILES string of the molecule is COC(=O)C[C@@H](c1cc2cc(OC)ccc2[nH]c1=O)c1c(O)c(O)c(O)c2c(=O)cc(-c3ccccc3)oc12. The molecule has 0 amide bonds. The number of aromatic nitrogens is 1. The molecular weight excluding hydrogens is 506 g/mol. The summed E-state index contributed by atoms with van der Waals surface area (Å²) in [6.45, 7) is 0. The minimum absolute atomic E-state index is 0.00982. The lowest BCUT2D eigenvalue weighted by Crippen LogP contribution is -2.21. The van der Waals surface area contributed by atoms with Crippen molar-refractivity contribution in [3.63, 3.8) is 0 Å². The molecule has 0 spiro atoms. The lowest BCUT2D eigenvalue weighted by Gasteiger charge is -2.21. The average molecular weight is 530 g/mol. The van der Waals surface area contributed by atoms with Crippen LogP contribution in [-0.4, -0.2) is 40.5 Å². The first-order valence-electron chi connectivity index (χ1n) is 11.8. The number of aromatic hydroxyl groups is 3. The van der Waals surface area contributed by atoms with E-state index >= 15 is 0 Å². The molecule has 198 valence electrons. The van der Waals surface area contributed by atoms with E-state index in [2.05, 4.69) is 4.98 Å². The maximum absolute atomic E-state index is 13.3. The molecule has 10 nitrogen and oxygen atoms in total. The molecule has 0 fully saturated rings. The zero-order chi connectivity index (χ0) is 27.8. The molecule has 4 N–H and O–H groups in total. The minimum Gasteiger partial charge on any atom is -0.504 e. The molecule has 3 aromatic carbocycles. The van der Waals surface area contributed by atoms with Crippen LogP contribution in [0.3, 0.4) is 0 Å². The van der Waals surface area contributed by atoms with Gasteiger partial charge in [-0.05, 0) is 24.3 Å². The number of pyridine rings is 1. The van der Waals surface area contributed by atoms with E-state index in [0.717, 1.165) is 13.2 Å². The van der Waals surface area contributed by atoms with Gasteiger partial charge in [-0.1, -0.05) is 30.3 Å². The number of fused-ring (bicyclic) bond motifs is 2. The summed E-state index contributed by atoms with van der Waals surface area (Å²) in [5.41, 5.74) is -0.824. The molecule has 0 radical (unpaired) electrons. The number of methoxy groups -OCH3 is 2. The first-order chi connectivity index (χ1) is 18.7. The summed E-state index contributed by atoms with van der Waals surface area (Å²) in [6, 6.07) is 16.3. The van der Waals surface area contributed by atoms with Crippen molar-refractivity contribution < 1.29 is 34.0 Å². The number of ether oxygens (including phenoxy) is 2. The largest absolute Gasteiger partial charge is 0.504 e. The number of aromatic amines is 1. The molecule has 0 bridgehead atoms. The molecule has 5 aromatic rings. The highest BCUT2D eigenvalue weighted by molar-refractivity contribution is 5.94. The van der Waals surface area contributed by atoms with Crippen molar-refractivity contribution >= 4 is 27.8 Å². The molecule has 0 saturated carbocycles. The highest BCUT2D eigenvalue weighted by atomic mass is 16.5. The predicted octanol–water partition coefficient (Wildman–Crippen LogP) is 4.12. The Labute approximate surface area is 220 Å². The van der Waals surface area contributed by atoms with E-state index in [1.54, 1.807) is 48.5 Å². The Morgan fingerprint density at radius 2 is 1.69 bits per heavy atom. The Kier molecular flexibility index (Phi) is 6.45. The van der Waals surface area contributed by atoms with Gasteiger partial charge in [0.25, 0.3) is 5.56 Å². The van der Waals surface area contributed by atoms with E-state index in [9.17, 15) is 29.7 Å². The number of carbonyl (C=O) groups is 1. The maximum atomic E-state index is 13.3. The van der Waals surface area contributed by atoms with Crippen molar-refractivity contribution in [1.82, 2.24) is 4.98 Å². The van der Waals surface area contributed by atoms with E-state index in [-0.39, 0.29) is 22.5 Å². The standard InChI is InChI=1S/C29H23NO9/c1-37-16-8-9-19-15(10-16)11-18(29(36)30-19)17(12-22(32)38-2)23-25(33)27(35)26(34)24-20(31)13-21(39-28(23)24)14-6-4-3-5-7-14/h3-11,13,17,33-35H,12H2,1-2H3,(H,30,36)/t17-/m0/s1. The van der Waals surface area contributed by atoms with Crippen molar-refractivity contribution in [2.75, 3.05) is 14.2 Å². The van der Waals surface area contributed by atoms with Crippen LogP contribution in [0.2, 0.25) is 0 Å². The van der Waals surface area contributed by atoms with E-state index in [4.69, 9.17) is 13.9 Å². The average Bonchev–Trinajstić information content (AvgIpc) is 2.94. The predicted molar refractivity (Wildman–Crippen MR) is 143 cm³/mol. The molecule has 0 aliphatic carbocycles. The van der Waals surface area contributed by atoms with Crippen LogP contribution in [-0.2, 0) is 9.53 Å². The van der Waals surface area contributed by atoms with Gasteiger partial charge in [-0.2, -0.15) is 0 Å². The van der Waals surface area contributed by atoms with Gasteiger partial charge in [-0.25, -0.2) is 0 Å². The zero-order valence-corrected chi connectivity index (χ0v) is 20.8. The molecule has 1 atom stereocenters. The maximum Gasteiger partial charge on any atom is 0.306 e. The van der Waals surface area contributed by atoms with Crippen LogP contribution < -0.4 is 15.7 Å². The van der Waals surface area contributed by atoms with Gasteiger partial charge in [0.15, 0.2) is 16.9 Å². The summed E-state index contributed by atoms with van der Waals surface area (Å²) in [5, 5.41) is 32.4. The van der Waals surface area contributed by atoms with Gasteiger partial charge >= 0.3 is 5.97 Å². The molecule has 2 heterocycles. The number of esters is 1. The fourth-order valence-corrected chi connectivity index (χ4v) is 4.65. The zero-order valence-electron chi connectivity index (χ0n) is 20.8. The number of hydrogen-bond acceptors (Lipinski definition) is 9. The van der Waals surface area contributed by atoms with Crippen LogP contribution in [0.15, 0.2) is 74.7 Å². The summed E-state index contributed by atoms with van der Waals surface area (Å²) in [5.74, 6) is -4.13. The fourth-order valence-electron chi connectivity index (χ4n) is 4.65. The second-order valence-electron chi connectivity index (χ2n) is 8.84. The summed E-state index contributed by atoms with van der Waals surface area (Å²) in [7, 11) is 2.65. The highest BCUT2D eigenvalue weighted by Crippen LogP contribution is 2.49. The van der Waals surface area contributed by atoms with Crippen molar-refractivity contribution in [2.24, 2.45) is 0 Å². The van der Waals surface area contributed by atoms with Gasteiger partial charge in [-0.3, -0.25) is 14.4 Å². The number of hydrogen-bond donors (Lipinski definition) is 4. The van der Waals surface area contributed by atoms with Crippen LogP contribution in [0.1, 0.15) is 23.5 Å². The summed E-state index contributed by atoms with van der Waals surface area (Å²) < 4.78 is 16.2. The lowest BCUT2D eigenvalue weighted by atomic mass is 9.86. The van der Waals surface area contributed by atoms with E-state index in [1.165, 1.54) is 13.2 Å². The molecule has 10 heteroatoms. The Bertz CT molecular complexity index is 1860. The van der Waals surface area contributed by atoms with Gasteiger partial charge in [0, 0.05) is 39.6 Å². The topological polar surface area (TPSA) is 159 Å². The molecule has 0 aliphatic heterocycles. The Hall–Kier alpha value is -5.25. The smallest absolute Gasteiger partial charge is 0.306 e. The van der Waals surface area contributed by atoms with Crippen LogP contribution in [0.25, 0.3) is 33.2 Å². The van der Waals surface area contributed by atoms with Crippen molar-refractivity contribution in [1.29, 1.82) is 0 Å². The molecule has 0 saturated heterocycles. The Morgan fingerprint density at radius 3 is 2.38 bits per heavy atom. The number of phenolic OH excluding ortho intramolecular Hbond substituents is 3.